The number of halogens is 4. The largest absolute Gasteiger partial charge is 0.492 e. The van der Waals surface area contributed by atoms with Crippen molar-refractivity contribution in [3.63, 3.8) is 0 Å². The zero-order chi connectivity index (χ0) is 15.7. The van der Waals surface area contributed by atoms with Crippen molar-refractivity contribution in [2.24, 2.45) is 0 Å². The molecule has 2 nitrogen and oxygen atoms in total. The second kappa shape index (κ2) is 6.16. The van der Waals surface area contributed by atoms with Crippen LogP contribution < -0.4 is 4.74 Å². The van der Waals surface area contributed by atoms with Crippen LogP contribution in [0.15, 0.2) is 18.2 Å². The fourth-order valence-corrected chi connectivity index (χ4v) is 2.75. The summed E-state index contributed by atoms with van der Waals surface area (Å²) < 4.78 is 46.2. The third kappa shape index (κ3) is 4.36. The Morgan fingerprint density at radius 3 is 2.76 bits per heavy atom. The van der Waals surface area contributed by atoms with Gasteiger partial charge in [-0.1, -0.05) is 41.9 Å². The van der Waals surface area contributed by atoms with Crippen LogP contribution in [0.1, 0.15) is 36.2 Å². The molecule has 1 unspecified atom stereocenters. The molecular formula is C15H18BrF3O2. The first-order chi connectivity index (χ1) is 9.69. The first-order valence-electron chi connectivity index (χ1n) is 6.75. The molecule has 2 rings (SSSR count). The summed E-state index contributed by atoms with van der Waals surface area (Å²) in [5, 5.41) is 0. The molecule has 6 heteroatoms. The van der Waals surface area contributed by atoms with Crippen LogP contribution in [0.2, 0.25) is 0 Å². The Labute approximate surface area is 130 Å². The van der Waals surface area contributed by atoms with Gasteiger partial charge in [-0.25, -0.2) is 0 Å². The predicted octanol–water partition coefficient (Wildman–Crippen LogP) is 4.76. The molecule has 0 saturated carbocycles. The molecule has 0 amide bonds. The van der Waals surface area contributed by atoms with Crippen molar-refractivity contribution in [3.8, 4) is 5.75 Å². The van der Waals surface area contributed by atoms with Gasteiger partial charge in [-0.3, -0.25) is 0 Å². The van der Waals surface area contributed by atoms with Crippen molar-refractivity contribution in [1.29, 1.82) is 0 Å². The molecule has 1 aromatic carbocycles. The highest BCUT2D eigenvalue weighted by molar-refractivity contribution is 9.09. The Morgan fingerprint density at radius 2 is 2.10 bits per heavy atom. The molecular weight excluding hydrogens is 349 g/mol. The maximum Gasteiger partial charge on any atom is 0.411 e. The second-order valence-corrected chi connectivity index (χ2v) is 6.96. The molecule has 1 heterocycles. The van der Waals surface area contributed by atoms with E-state index in [1.807, 2.05) is 12.1 Å². The van der Waals surface area contributed by atoms with E-state index in [1.165, 1.54) is 0 Å². The van der Waals surface area contributed by atoms with Crippen LogP contribution in [0.25, 0.3) is 0 Å². The van der Waals surface area contributed by atoms with Gasteiger partial charge < -0.3 is 9.47 Å². The molecule has 0 spiro atoms. The topological polar surface area (TPSA) is 18.5 Å². The molecule has 1 aliphatic rings. The Hall–Kier alpha value is -0.750. The van der Waals surface area contributed by atoms with Crippen LogP contribution >= 0.6 is 15.9 Å². The summed E-state index contributed by atoms with van der Waals surface area (Å²) in [6, 6.07) is 5.92. The van der Waals surface area contributed by atoms with Gasteiger partial charge in [0.15, 0.2) is 0 Å². The number of hydrogen-bond donors (Lipinski definition) is 0. The Morgan fingerprint density at radius 1 is 1.38 bits per heavy atom. The van der Waals surface area contributed by atoms with Crippen molar-refractivity contribution in [1.82, 2.24) is 0 Å². The van der Waals surface area contributed by atoms with Gasteiger partial charge in [-0.05, 0) is 18.1 Å². The highest BCUT2D eigenvalue weighted by Crippen LogP contribution is 2.41. The fraction of sp³-hybridized carbons (Fsp3) is 0.600. The summed E-state index contributed by atoms with van der Waals surface area (Å²) in [5.41, 5.74) is 2.13. The number of benzene rings is 1. The summed E-state index contributed by atoms with van der Waals surface area (Å²) in [5.74, 6) is 0.886. The van der Waals surface area contributed by atoms with Gasteiger partial charge in [0.05, 0.1) is 6.61 Å². The molecule has 0 saturated heterocycles. The van der Waals surface area contributed by atoms with Gasteiger partial charge in [-0.2, -0.15) is 13.2 Å². The van der Waals surface area contributed by atoms with Gasteiger partial charge in [0.2, 0.25) is 0 Å². The lowest BCUT2D eigenvalue weighted by molar-refractivity contribution is -0.174. The minimum Gasteiger partial charge on any atom is -0.492 e. The van der Waals surface area contributed by atoms with E-state index in [1.54, 1.807) is 0 Å². The Bertz CT molecular complexity index is 500. The number of ether oxygens (including phenoxy) is 2. The van der Waals surface area contributed by atoms with Gasteiger partial charge >= 0.3 is 6.18 Å². The Balaban J connectivity index is 1.93. The second-order valence-electron chi connectivity index (χ2n) is 5.85. The van der Waals surface area contributed by atoms with Crippen molar-refractivity contribution in [3.05, 3.63) is 29.3 Å². The maximum atomic E-state index is 12.0. The van der Waals surface area contributed by atoms with Crippen molar-refractivity contribution in [2.75, 3.05) is 19.8 Å². The summed E-state index contributed by atoms with van der Waals surface area (Å²) in [6.45, 7) is 3.73. The number of rotatable bonds is 5. The fourth-order valence-electron chi connectivity index (χ4n) is 2.27. The maximum absolute atomic E-state index is 12.0. The molecule has 0 N–H and O–H groups in total. The highest BCUT2D eigenvalue weighted by Gasteiger charge is 2.32. The summed E-state index contributed by atoms with van der Waals surface area (Å²) in [4.78, 5) is -0.0348. The van der Waals surface area contributed by atoms with E-state index in [0.717, 1.165) is 16.9 Å². The van der Waals surface area contributed by atoms with Crippen molar-refractivity contribution in [2.45, 2.75) is 36.7 Å². The SMILES string of the molecule is CC1(C)COc2ccc(C(Br)CCOCC(F)(F)F)cc21. The van der Waals surface area contributed by atoms with E-state index in [2.05, 4.69) is 40.6 Å². The van der Waals surface area contributed by atoms with Crippen LogP contribution in [-0.2, 0) is 10.2 Å². The first kappa shape index (κ1) is 16.6. The highest BCUT2D eigenvalue weighted by atomic mass is 79.9. The first-order valence-corrected chi connectivity index (χ1v) is 7.66. The average Bonchev–Trinajstić information content (AvgIpc) is 2.69. The third-order valence-corrected chi connectivity index (χ3v) is 4.45. The van der Waals surface area contributed by atoms with E-state index in [9.17, 15) is 13.2 Å². The molecule has 1 aliphatic heterocycles. The van der Waals surface area contributed by atoms with Crippen molar-refractivity contribution >= 4 is 15.9 Å². The van der Waals surface area contributed by atoms with Crippen LogP contribution in [-0.4, -0.2) is 26.0 Å². The summed E-state index contributed by atoms with van der Waals surface area (Å²) >= 11 is 3.51. The van der Waals surface area contributed by atoms with E-state index < -0.39 is 12.8 Å². The molecule has 1 atom stereocenters. The lowest BCUT2D eigenvalue weighted by Gasteiger charge is -2.17. The normalized spacial score (nSPS) is 18.2. The molecule has 118 valence electrons. The van der Waals surface area contributed by atoms with Crippen LogP contribution in [0.3, 0.4) is 0 Å². The minimum absolute atomic E-state index is 0.0348. The van der Waals surface area contributed by atoms with E-state index in [-0.39, 0.29) is 16.8 Å². The van der Waals surface area contributed by atoms with Crippen LogP contribution in [0, 0.1) is 0 Å². The lowest BCUT2D eigenvalue weighted by atomic mass is 9.86. The molecule has 1 aromatic rings. The molecule has 0 radical (unpaired) electrons. The van der Waals surface area contributed by atoms with Gasteiger partial charge in [-0.15, -0.1) is 0 Å². The number of alkyl halides is 4. The molecule has 0 fully saturated rings. The van der Waals surface area contributed by atoms with E-state index in [4.69, 9.17) is 4.74 Å². The smallest absolute Gasteiger partial charge is 0.411 e. The zero-order valence-corrected chi connectivity index (χ0v) is 13.6. The number of hydrogen-bond acceptors (Lipinski definition) is 2. The molecule has 0 aromatic heterocycles. The molecule has 21 heavy (non-hydrogen) atoms. The standard InChI is InChI=1S/C15H18BrF3O2/c1-14(2)8-21-13-4-3-10(7-11(13)14)12(16)5-6-20-9-15(17,18)19/h3-4,7,12H,5-6,8-9H2,1-2H3. The van der Waals surface area contributed by atoms with Gasteiger partial charge in [0.1, 0.15) is 12.4 Å². The minimum atomic E-state index is -4.27. The third-order valence-electron chi connectivity index (χ3n) is 3.46. The zero-order valence-electron chi connectivity index (χ0n) is 12.0. The quantitative estimate of drug-likeness (QED) is 0.552. The van der Waals surface area contributed by atoms with E-state index >= 15 is 0 Å². The monoisotopic (exact) mass is 366 g/mol. The number of fused-ring (bicyclic) bond motifs is 1. The van der Waals surface area contributed by atoms with E-state index in [0.29, 0.717) is 13.0 Å². The van der Waals surface area contributed by atoms with Crippen molar-refractivity contribution < 1.29 is 22.6 Å². The van der Waals surface area contributed by atoms with Crippen LogP contribution in [0.5, 0.6) is 5.75 Å². The molecule has 0 aliphatic carbocycles. The molecule has 0 bridgehead atoms. The summed E-state index contributed by atoms with van der Waals surface area (Å²) in [6.07, 6.45) is -3.78. The van der Waals surface area contributed by atoms with Gasteiger partial charge in [0, 0.05) is 22.4 Å². The lowest BCUT2D eigenvalue weighted by Crippen LogP contribution is -2.18. The Kier molecular flexibility index (Phi) is 4.88. The summed E-state index contributed by atoms with van der Waals surface area (Å²) in [7, 11) is 0. The van der Waals surface area contributed by atoms with Crippen LogP contribution in [0.4, 0.5) is 13.2 Å². The average molecular weight is 367 g/mol. The predicted molar refractivity (Wildman–Crippen MR) is 78.1 cm³/mol. The van der Waals surface area contributed by atoms with Gasteiger partial charge in [0.25, 0.3) is 0 Å².